The fraction of sp³-hybridized carbons (Fsp3) is 0.467. The van der Waals surface area contributed by atoms with Gasteiger partial charge in [-0.25, -0.2) is 8.42 Å². The molecule has 0 spiro atoms. The number of sulfonamides is 1. The molecule has 0 radical (unpaired) electrons. The molecule has 1 fully saturated rings. The van der Waals surface area contributed by atoms with Gasteiger partial charge in [-0.1, -0.05) is 25.0 Å². The summed E-state index contributed by atoms with van der Waals surface area (Å²) in [5.74, 6) is 0. The van der Waals surface area contributed by atoms with Crippen molar-refractivity contribution in [3.05, 3.63) is 29.8 Å². The quantitative estimate of drug-likeness (QED) is 0.780. The third-order valence-electron chi connectivity index (χ3n) is 3.77. The molecular weight excluding hydrogens is 286 g/mol. The van der Waals surface area contributed by atoms with Crippen LogP contribution < -0.4 is 0 Å². The zero-order valence-corrected chi connectivity index (χ0v) is 12.5. The van der Waals surface area contributed by atoms with Gasteiger partial charge in [0.1, 0.15) is 6.54 Å². The van der Waals surface area contributed by atoms with Gasteiger partial charge in [-0.05, 0) is 30.5 Å². The Labute approximate surface area is 125 Å². The van der Waals surface area contributed by atoms with Crippen molar-refractivity contribution >= 4 is 10.0 Å². The highest BCUT2D eigenvalue weighted by Gasteiger charge is 2.32. The Morgan fingerprint density at radius 2 is 1.71 bits per heavy atom. The van der Waals surface area contributed by atoms with Crippen LogP contribution in [-0.4, -0.2) is 25.3 Å². The molecule has 1 aromatic carbocycles. The van der Waals surface area contributed by atoms with Gasteiger partial charge in [-0.15, -0.1) is 0 Å². The summed E-state index contributed by atoms with van der Waals surface area (Å²) < 4.78 is 26.7. The largest absolute Gasteiger partial charge is 0.244 e. The minimum absolute atomic E-state index is 0.0755. The van der Waals surface area contributed by atoms with E-state index in [1.165, 1.54) is 16.4 Å². The fourth-order valence-corrected chi connectivity index (χ4v) is 4.26. The third-order valence-corrected chi connectivity index (χ3v) is 5.68. The van der Waals surface area contributed by atoms with E-state index in [0.717, 1.165) is 31.2 Å². The van der Waals surface area contributed by atoms with Crippen molar-refractivity contribution in [2.24, 2.45) is 0 Å². The Balaban J connectivity index is 2.29. The first kappa shape index (κ1) is 15.5. The topological polar surface area (TPSA) is 85.0 Å². The highest BCUT2D eigenvalue weighted by molar-refractivity contribution is 7.89. The first-order chi connectivity index (χ1) is 10.1. The van der Waals surface area contributed by atoms with Crippen molar-refractivity contribution in [2.75, 3.05) is 6.54 Å². The number of hydrogen-bond donors (Lipinski definition) is 0. The zero-order chi connectivity index (χ0) is 15.3. The second kappa shape index (κ2) is 6.71. The molecule has 0 saturated heterocycles. The first-order valence-corrected chi connectivity index (χ1v) is 8.38. The smallest absolute Gasteiger partial charge is 0.207 e. The second-order valence-corrected chi connectivity index (χ2v) is 7.02. The molecule has 0 atom stereocenters. The van der Waals surface area contributed by atoms with E-state index in [1.54, 1.807) is 12.1 Å². The minimum atomic E-state index is -3.65. The summed E-state index contributed by atoms with van der Waals surface area (Å²) in [4.78, 5) is 0.186. The van der Waals surface area contributed by atoms with Crippen molar-refractivity contribution in [1.82, 2.24) is 4.31 Å². The monoisotopic (exact) mass is 303 g/mol. The zero-order valence-electron chi connectivity index (χ0n) is 11.7. The molecule has 5 nitrogen and oxygen atoms in total. The van der Waals surface area contributed by atoms with Crippen LogP contribution in [0, 0.1) is 22.7 Å². The standard InChI is InChI=1S/C15H17N3O2S/c16-10-9-13-5-7-15(8-6-13)21(19,20)18(12-11-17)14-3-1-2-4-14/h5-8,14H,1-4,9,12H2. The summed E-state index contributed by atoms with van der Waals surface area (Å²) in [6, 6.07) is 10.2. The minimum Gasteiger partial charge on any atom is -0.207 e. The highest BCUT2D eigenvalue weighted by Crippen LogP contribution is 2.28. The molecule has 0 bridgehead atoms. The number of rotatable bonds is 5. The molecule has 2 rings (SSSR count). The number of nitriles is 2. The van der Waals surface area contributed by atoms with Crippen LogP contribution in [-0.2, 0) is 16.4 Å². The molecule has 110 valence electrons. The summed E-state index contributed by atoms with van der Waals surface area (Å²) >= 11 is 0. The van der Waals surface area contributed by atoms with Crippen molar-refractivity contribution in [3.8, 4) is 12.1 Å². The molecule has 0 amide bonds. The van der Waals surface area contributed by atoms with Crippen molar-refractivity contribution in [1.29, 1.82) is 10.5 Å². The third kappa shape index (κ3) is 3.41. The summed E-state index contributed by atoms with van der Waals surface area (Å²) in [7, 11) is -3.65. The maximum Gasteiger partial charge on any atom is 0.244 e. The van der Waals surface area contributed by atoms with E-state index < -0.39 is 10.0 Å². The van der Waals surface area contributed by atoms with E-state index in [9.17, 15) is 8.42 Å². The molecule has 0 unspecified atom stereocenters. The first-order valence-electron chi connectivity index (χ1n) is 6.94. The van der Waals surface area contributed by atoms with Crippen LogP contribution in [0.5, 0.6) is 0 Å². The van der Waals surface area contributed by atoms with Crippen molar-refractivity contribution in [2.45, 2.75) is 43.0 Å². The molecule has 0 aliphatic heterocycles. The maximum atomic E-state index is 12.7. The van der Waals surface area contributed by atoms with Gasteiger partial charge in [0, 0.05) is 6.04 Å². The molecule has 1 saturated carbocycles. The van der Waals surface area contributed by atoms with Crippen LogP contribution in [0.1, 0.15) is 31.2 Å². The van der Waals surface area contributed by atoms with Gasteiger partial charge >= 0.3 is 0 Å². The molecule has 0 N–H and O–H groups in total. The Bertz CT molecular complexity index is 662. The van der Waals surface area contributed by atoms with E-state index in [1.807, 2.05) is 12.1 Å². The lowest BCUT2D eigenvalue weighted by atomic mass is 10.2. The van der Waals surface area contributed by atoms with E-state index in [4.69, 9.17) is 10.5 Å². The number of nitrogens with zero attached hydrogens (tertiary/aromatic N) is 3. The van der Waals surface area contributed by atoms with Crippen molar-refractivity contribution in [3.63, 3.8) is 0 Å². The van der Waals surface area contributed by atoms with Gasteiger partial charge in [0.05, 0.1) is 23.5 Å². The molecule has 1 aliphatic carbocycles. The normalized spacial score (nSPS) is 15.8. The summed E-state index contributed by atoms with van der Waals surface area (Å²) in [6.07, 6.45) is 3.89. The van der Waals surface area contributed by atoms with Crippen LogP contribution >= 0.6 is 0 Å². The van der Waals surface area contributed by atoms with Gasteiger partial charge in [0.25, 0.3) is 0 Å². The summed E-state index contributed by atoms with van der Waals surface area (Å²) in [5, 5.41) is 17.6. The second-order valence-electron chi connectivity index (χ2n) is 5.13. The van der Waals surface area contributed by atoms with Crippen LogP contribution in [0.25, 0.3) is 0 Å². The van der Waals surface area contributed by atoms with Gasteiger partial charge in [-0.2, -0.15) is 14.8 Å². The van der Waals surface area contributed by atoms with Crippen LogP contribution in [0.4, 0.5) is 0 Å². The number of hydrogen-bond acceptors (Lipinski definition) is 4. The summed E-state index contributed by atoms with van der Waals surface area (Å²) in [5.41, 5.74) is 0.782. The lowest BCUT2D eigenvalue weighted by Crippen LogP contribution is -2.39. The maximum absolute atomic E-state index is 12.7. The molecular formula is C15H17N3O2S. The molecule has 6 heteroatoms. The fourth-order valence-electron chi connectivity index (χ4n) is 2.68. The SMILES string of the molecule is N#CCc1ccc(S(=O)(=O)N(CC#N)C2CCCC2)cc1. The van der Waals surface area contributed by atoms with E-state index in [2.05, 4.69) is 0 Å². The predicted octanol–water partition coefficient (Wildman–Crippen LogP) is 2.21. The highest BCUT2D eigenvalue weighted by atomic mass is 32.2. The Kier molecular flexibility index (Phi) is 4.95. The van der Waals surface area contributed by atoms with E-state index >= 15 is 0 Å². The van der Waals surface area contributed by atoms with Gasteiger partial charge in [-0.3, -0.25) is 0 Å². The Morgan fingerprint density at radius 1 is 1.10 bits per heavy atom. The molecule has 1 aliphatic rings. The lowest BCUT2D eigenvalue weighted by Gasteiger charge is -2.25. The average molecular weight is 303 g/mol. The molecule has 0 heterocycles. The van der Waals surface area contributed by atoms with Crippen molar-refractivity contribution < 1.29 is 8.42 Å². The Morgan fingerprint density at radius 3 is 2.24 bits per heavy atom. The van der Waals surface area contributed by atoms with Crippen LogP contribution in [0.3, 0.4) is 0 Å². The number of benzene rings is 1. The predicted molar refractivity (Wildman–Crippen MR) is 77.5 cm³/mol. The van der Waals surface area contributed by atoms with Gasteiger partial charge in [0.15, 0.2) is 0 Å². The molecule has 21 heavy (non-hydrogen) atoms. The van der Waals surface area contributed by atoms with E-state index in [-0.39, 0.29) is 23.9 Å². The molecule has 1 aromatic rings. The Hall–Kier alpha value is -1.89. The summed E-state index contributed by atoms with van der Waals surface area (Å²) in [6.45, 7) is -0.118. The lowest BCUT2D eigenvalue weighted by molar-refractivity contribution is 0.350. The van der Waals surface area contributed by atoms with E-state index in [0.29, 0.717) is 0 Å². The average Bonchev–Trinajstić information content (AvgIpc) is 2.99. The van der Waals surface area contributed by atoms with Crippen LogP contribution in [0.2, 0.25) is 0 Å². The van der Waals surface area contributed by atoms with Gasteiger partial charge in [0.2, 0.25) is 10.0 Å². The van der Waals surface area contributed by atoms with Gasteiger partial charge < -0.3 is 0 Å². The molecule has 0 aromatic heterocycles. The van der Waals surface area contributed by atoms with Crippen LogP contribution in [0.15, 0.2) is 29.2 Å².